The second kappa shape index (κ2) is 5.75. The molecule has 0 radical (unpaired) electrons. The zero-order valence-electron chi connectivity index (χ0n) is 10.6. The second-order valence-corrected chi connectivity index (χ2v) is 4.81. The summed E-state index contributed by atoms with van der Waals surface area (Å²) in [5.74, 6) is 0.210. The number of hydrogen-bond donors (Lipinski definition) is 3. The van der Waals surface area contributed by atoms with E-state index < -0.39 is 0 Å². The minimum absolute atomic E-state index is 0.193. The number of benzene rings is 1. The van der Waals surface area contributed by atoms with Gasteiger partial charge in [-0.05, 0) is 25.3 Å². The molecule has 3 N–H and O–H groups in total. The van der Waals surface area contributed by atoms with Gasteiger partial charge in [-0.3, -0.25) is 9.78 Å². The van der Waals surface area contributed by atoms with Crippen molar-refractivity contribution in [3.63, 3.8) is 0 Å². The zero-order valence-corrected chi connectivity index (χ0v) is 11.4. The Balaban J connectivity index is 2.15. The third kappa shape index (κ3) is 3.05. The molecule has 0 fully saturated rings. The molecule has 19 heavy (non-hydrogen) atoms. The maximum absolute atomic E-state index is 12.2. The fraction of sp³-hybridized carbons (Fsp3) is 0.250. The van der Waals surface area contributed by atoms with Crippen molar-refractivity contribution in [1.29, 1.82) is 0 Å². The van der Waals surface area contributed by atoms with E-state index in [9.17, 15) is 9.59 Å². The van der Waals surface area contributed by atoms with Crippen LogP contribution in [0.2, 0.25) is 0 Å². The molecule has 6 nitrogen and oxygen atoms in total. The monoisotopic (exact) mass is 278 g/mol. The smallest absolute Gasteiger partial charge is 0.340 e. The highest BCUT2D eigenvalue weighted by atomic mass is 32.2. The quantitative estimate of drug-likeness (QED) is 0.735. The van der Waals surface area contributed by atoms with Crippen LogP contribution in [0.5, 0.6) is 0 Å². The first-order valence-corrected chi connectivity index (χ1v) is 6.92. The standard InChI is InChI=1S/C12H14N4O2S/c1-7(10-14-12(18)16-15-10)13-11(17)8-5-3-4-6-9(8)19-2/h3-7H,1-2H3,(H,13,17)(H2,14,15,16,18)/t7-/m0/s1. The molecule has 1 aromatic carbocycles. The number of carbonyl (C=O) groups is 1. The number of amides is 1. The van der Waals surface area contributed by atoms with Crippen LogP contribution in [0, 0.1) is 0 Å². The van der Waals surface area contributed by atoms with E-state index in [4.69, 9.17) is 0 Å². The third-order valence-electron chi connectivity index (χ3n) is 2.63. The summed E-state index contributed by atoms with van der Waals surface area (Å²) in [6.07, 6.45) is 1.92. The van der Waals surface area contributed by atoms with Crippen LogP contribution >= 0.6 is 11.8 Å². The van der Waals surface area contributed by atoms with Gasteiger partial charge in [0.25, 0.3) is 5.91 Å². The normalized spacial score (nSPS) is 12.1. The van der Waals surface area contributed by atoms with Gasteiger partial charge >= 0.3 is 5.69 Å². The van der Waals surface area contributed by atoms with Crippen LogP contribution in [-0.2, 0) is 0 Å². The number of nitrogens with one attached hydrogen (secondary N) is 3. The predicted molar refractivity (Wildman–Crippen MR) is 73.3 cm³/mol. The fourth-order valence-corrected chi connectivity index (χ4v) is 2.26. The van der Waals surface area contributed by atoms with Gasteiger partial charge in [-0.2, -0.15) is 5.10 Å². The Hall–Kier alpha value is -2.02. The lowest BCUT2D eigenvalue weighted by atomic mass is 10.2. The molecule has 0 aliphatic heterocycles. The van der Waals surface area contributed by atoms with Gasteiger partial charge < -0.3 is 5.32 Å². The Morgan fingerprint density at radius 2 is 2.16 bits per heavy atom. The average molecular weight is 278 g/mol. The number of H-pyrrole nitrogens is 2. The van der Waals surface area contributed by atoms with Crippen LogP contribution in [0.15, 0.2) is 34.0 Å². The molecular formula is C12H14N4O2S. The molecule has 0 unspecified atom stereocenters. The van der Waals surface area contributed by atoms with Crippen molar-refractivity contribution in [2.45, 2.75) is 17.9 Å². The highest BCUT2D eigenvalue weighted by molar-refractivity contribution is 7.98. The van der Waals surface area contributed by atoms with Crippen molar-refractivity contribution >= 4 is 17.7 Å². The van der Waals surface area contributed by atoms with Gasteiger partial charge in [0.05, 0.1) is 11.6 Å². The number of thioether (sulfide) groups is 1. The lowest BCUT2D eigenvalue weighted by Gasteiger charge is -2.12. The second-order valence-electron chi connectivity index (χ2n) is 3.96. The van der Waals surface area contributed by atoms with Crippen molar-refractivity contribution in [3.05, 3.63) is 46.1 Å². The van der Waals surface area contributed by atoms with Crippen molar-refractivity contribution in [2.75, 3.05) is 6.26 Å². The van der Waals surface area contributed by atoms with Gasteiger partial charge in [0.15, 0.2) is 5.82 Å². The minimum atomic E-state index is -0.388. The molecule has 0 aliphatic carbocycles. The van der Waals surface area contributed by atoms with E-state index in [2.05, 4.69) is 20.5 Å². The summed E-state index contributed by atoms with van der Waals surface area (Å²) in [6, 6.07) is 6.98. The topological polar surface area (TPSA) is 90.6 Å². The number of nitrogens with zero attached hydrogens (tertiary/aromatic N) is 1. The summed E-state index contributed by atoms with van der Waals surface area (Å²) >= 11 is 1.51. The van der Waals surface area contributed by atoms with Gasteiger partial charge in [0.1, 0.15) is 0 Å². The third-order valence-corrected chi connectivity index (χ3v) is 3.42. The Morgan fingerprint density at radius 3 is 2.79 bits per heavy atom. The SMILES string of the molecule is CSc1ccccc1C(=O)N[C@@H](C)c1n[nH]c(=O)[nH]1. The molecular weight excluding hydrogens is 264 g/mol. The van der Waals surface area contributed by atoms with E-state index >= 15 is 0 Å². The maximum atomic E-state index is 12.2. The summed E-state index contributed by atoms with van der Waals surface area (Å²) < 4.78 is 0. The molecule has 7 heteroatoms. The molecule has 0 aliphatic rings. The first-order chi connectivity index (χ1) is 9.11. The largest absolute Gasteiger partial charge is 0.342 e. The highest BCUT2D eigenvalue weighted by Gasteiger charge is 2.16. The van der Waals surface area contributed by atoms with Crippen LogP contribution in [0.4, 0.5) is 0 Å². The van der Waals surface area contributed by atoms with E-state index in [0.29, 0.717) is 11.4 Å². The number of aromatic amines is 2. The van der Waals surface area contributed by atoms with Crippen LogP contribution < -0.4 is 11.0 Å². The Kier molecular flexibility index (Phi) is 4.06. The van der Waals surface area contributed by atoms with Gasteiger partial charge in [0.2, 0.25) is 0 Å². The van der Waals surface area contributed by atoms with Gasteiger partial charge in [-0.25, -0.2) is 9.89 Å². The first kappa shape index (κ1) is 13.4. The van der Waals surface area contributed by atoms with Crippen molar-refractivity contribution in [3.8, 4) is 0 Å². The van der Waals surface area contributed by atoms with E-state index in [-0.39, 0.29) is 17.6 Å². The molecule has 1 heterocycles. The highest BCUT2D eigenvalue weighted by Crippen LogP contribution is 2.20. The molecule has 0 bridgehead atoms. The van der Waals surface area contributed by atoms with E-state index in [1.807, 2.05) is 24.5 Å². The minimum Gasteiger partial charge on any atom is -0.342 e. The van der Waals surface area contributed by atoms with Crippen molar-refractivity contribution < 1.29 is 4.79 Å². The molecule has 1 amide bonds. The average Bonchev–Trinajstić information content (AvgIpc) is 2.85. The number of aromatic nitrogens is 3. The molecule has 0 saturated carbocycles. The molecule has 2 aromatic rings. The fourth-order valence-electron chi connectivity index (χ4n) is 1.66. The summed E-state index contributed by atoms with van der Waals surface area (Å²) in [7, 11) is 0. The Morgan fingerprint density at radius 1 is 1.42 bits per heavy atom. The number of rotatable bonds is 4. The number of hydrogen-bond acceptors (Lipinski definition) is 4. The first-order valence-electron chi connectivity index (χ1n) is 5.70. The van der Waals surface area contributed by atoms with Gasteiger partial charge in [0, 0.05) is 4.90 Å². The van der Waals surface area contributed by atoms with Crippen LogP contribution in [-0.4, -0.2) is 27.3 Å². The molecule has 0 spiro atoms. The van der Waals surface area contributed by atoms with E-state index in [1.54, 1.807) is 13.0 Å². The van der Waals surface area contributed by atoms with E-state index in [0.717, 1.165) is 4.90 Å². The summed E-state index contributed by atoms with van der Waals surface area (Å²) in [5.41, 5.74) is 0.223. The van der Waals surface area contributed by atoms with Crippen LogP contribution in [0.25, 0.3) is 0 Å². The van der Waals surface area contributed by atoms with Gasteiger partial charge in [-0.15, -0.1) is 11.8 Å². The Labute approximate surface area is 114 Å². The molecule has 2 rings (SSSR count). The summed E-state index contributed by atoms with van der Waals surface area (Å²) in [5, 5.41) is 8.86. The lowest BCUT2D eigenvalue weighted by Crippen LogP contribution is -2.28. The van der Waals surface area contributed by atoms with Gasteiger partial charge in [-0.1, -0.05) is 12.1 Å². The lowest BCUT2D eigenvalue weighted by molar-refractivity contribution is 0.0935. The summed E-state index contributed by atoms with van der Waals surface area (Å²) in [4.78, 5) is 26.5. The molecule has 100 valence electrons. The summed E-state index contributed by atoms with van der Waals surface area (Å²) in [6.45, 7) is 1.76. The van der Waals surface area contributed by atoms with Crippen molar-refractivity contribution in [2.24, 2.45) is 0 Å². The molecule has 1 aromatic heterocycles. The molecule has 0 saturated heterocycles. The van der Waals surface area contributed by atoms with Crippen LogP contribution in [0.1, 0.15) is 29.1 Å². The molecule has 1 atom stereocenters. The van der Waals surface area contributed by atoms with Crippen molar-refractivity contribution in [1.82, 2.24) is 20.5 Å². The van der Waals surface area contributed by atoms with E-state index in [1.165, 1.54) is 11.8 Å². The van der Waals surface area contributed by atoms with Crippen LogP contribution in [0.3, 0.4) is 0 Å². The zero-order chi connectivity index (χ0) is 13.8. The Bertz CT molecular complexity index is 634. The maximum Gasteiger partial charge on any atom is 0.340 e. The number of carbonyl (C=O) groups excluding carboxylic acids is 1. The predicted octanol–water partition coefficient (Wildman–Crippen LogP) is 1.31.